The van der Waals surface area contributed by atoms with Crippen molar-refractivity contribution in [2.45, 2.75) is 6.54 Å². The number of fused-ring (bicyclic) bond motifs is 1. The van der Waals surface area contributed by atoms with E-state index in [9.17, 15) is 0 Å². The van der Waals surface area contributed by atoms with Crippen LogP contribution in [0.2, 0.25) is 0 Å². The number of aromatic amines is 1. The van der Waals surface area contributed by atoms with Gasteiger partial charge in [-0.05, 0) is 67.0 Å². The Kier molecular flexibility index (Phi) is 5.86. The predicted molar refractivity (Wildman–Crippen MR) is 124 cm³/mol. The van der Waals surface area contributed by atoms with Gasteiger partial charge in [0.2, 0.25) is 0 Å². The van der Waals surface area contributed by atoms with Crippen molar-refractivity contribution in [1.82, 2.24) is 14.9 Å². The number of nitrogens with two attached hydrogens (primary N) is 1. The number of H-pyrrole nitrogens is 1. The molecule has 30 heavy (non-hydrogen) atoms. The van der Waals surface area contributed by atoms with Gasteiger partial charge in [0.1, 0.15) is 18.2 Å². The topological polar surface area (TPSA) is 79.2 Å². The first-order valence-electron chi connectivity index (χ1n) is 10.0. The SMILES string of the molecule is CN(C)CCOc1ccc(-c2ccc3cc[nH]c3c2)cc1CNc1cccnc1N. The number of nitrogens with zero attached hydrogens (tertiary/aromatic N) is 2. The molecule has 6 heteroatoms. The van der Waals surface area contributed by atoms with Gasteiger partial charge in [-0.25, -0.2) is 4.98 Å². The third-order valence-electron chi connectivity index (χ3n) is 5.05. The Balaban J connectivity index is 1.62. The summed E-state index contributed by atoms with van der Waals surface area (Å²) in [5, 5.41) is 4.59. The van der Waals surface area contributed by atoms with Gasteiger partial charge in [-0.15, -0.1) is 0 Å². The van der Waals surface area contributed by atoms with Crippen molar-refractivity contribution in [3.8, 4) is 16.9 Å². The lowest BCUT2D eigenvalue weighted by molar-refractivity contribution is 0.259. The first-order valence-corrected chi connectivity index (χ1v) is 10.0. The summed E-state index contributed by atoms with van der Waals surface area (Å²) >= 11 is 0. The van der Waals surface area contributed by atoms with Crippen molar-refractivity contribution in [2.24, 2.45) is 0 Å². The number of benzene rings is 2. The predicted octanol–water partition coefficient (Wildman–Crippen LogP) is 4.36. The second-order valence-electron chi connectivity index (χ2n) is 7.54. The van der Waals surface area contributed by atoms with Crippen LogP contribution in [0.4, 0.5) is 11.5 Å². The van der Waals surface area contributed by atoms with Crippen LogP contribution in [-0.4, -0.2) is 42.1 Å². The highest BCUT2D eigenvalue weighted by atomic mass is 16.5. The van der Waals surface area contributed by atoms with E-state index in [0.717, 1.165) is 40.2 Å². The molecule has 4 N–H and O–H groups in total. The second kappa shape index (κ2) is 8.88. The first-order chi connectivity index (χ1) is 14.6. The fourth-order valence-electron chi connectivity index (χ4n) is 3.36. The fourth-order valence-corrected chi connectivity index (χ4v) is 3.36. The van der Waals surface area contributed by atoms with E-state index < -0.39 is 0 Å². The molecule has 0 spiro atoms. The van der Waals surface area contributed by atoms with Crippen LogP contribution >= 0.6 is 0 Å². The van der Waals surface area contributed by atoms with Crippen LogP contribution in [-0.2, 0) is 6.54 Å². The van der Waals surface area contributed by atoms with Crippen molar-refractivity contribution in [2.75, 3.05) is 38.3 Å². The third kappa shape index (κ3) is 4.55. The maximum Gasteiger partial charge on any atom is 0.146 e. The highest BCUT2D eigenvalue weighted by molar-refractivity contribution is 5.85. The number of rotatable bonds is 8. The van der Waals surface area contributed by atoms with Crippen LogP contribution in [0, 0.1) is 0 Å². The summed E-state index contributed by atoms with van der Waals surface area (Å²) in [6.45, 7) is 2.07. The molecule has 6 nitrogen and oxygen atoms in total. The molecule has 4 rings (SSSR count). The van der Waals surface area contributed by atoms with Crippen LogP contribution in [0.15, 0.2) is 67.0 Å². The monoisotopic (exact) mass is 401 g/mol. The molecule has 2 heterocycles. The Morgan fingerprint density at radius 2 is 1.90 bits per heavy atom. The van der Waals surface area contributed by atoms with E-state index in [1.165, 1.54) is 5.39 Å². The van der Waals surface area contributed by atoms with Gasteiger partial charge in [0.15, 0.2) is 0 Å². The van der Waals surface area contributed by atoms with E-state index in [1.54, 1.807) is 6.20 Å². The Morgan fingerprint density at radius 3 is 2.73 bits per heavy atom. The second-order valence-corrected chi connectivity index (χ2v) is 7.54. The average Bonchev–Trinajstić information content (AvgIpc) is 3.21. The molecular weight excluding hydrogens is 374 g/mol. The molecule has 0 amide bonds. The molecule has 0 bridgehead atoms. The molecule has 0 radical (unpaired) electrons. The zero-order valence-electron chi connectivity index (χ0n) is 17.4. The molecule has 0 aliphatic heterocycles. The maximum atomic E-state index is 6.08. The molecule has 4 aromatic rings. The van der Waals surface area contributed by atoms with Crippen LogP contribution in [0.5, 0.6) is 5.75 Å². The number of aromatic nitrogens is 2. The lowest BCUT2D eigenvalue weighted by atomic mass is 10.0. The summed E-state index contributed by atoms with van der Waals surface area (Å²) < 4.78 is 6.08. The van der Waals surface area contributed by atoms with Crippen molar-refractivity contribution in [3.63, 3.8) is 0 Å². The number of nitrogen functional groups attached to an aromatic ring is 1. The highest BCUT2D eigenvalue weighted by Crippen LogP contribution is 2.30. The summed E-state index contributed by atoms with van der Waals surface area (Å²) in [7, 11) is 4.08. The summed E-state index contributed by atoms with van der Waals surface area (Å²) in [5.74, 6) is 1.36. The zero-order chi connectivity index (χ0) is 20.9. The van der Waals surface area contributed by atoms with Gasteiger partial charge in [-0.2, -0.15) is 0 Å². The minimum atomic E-state index is 0.487. The minimum absolute atomic E-state index is 0.487. The third-order valence-corrected chi connectivity index (χ3v) is 5.05. The number of pyridine rings is 1. The van der Waals surface area contributed by atoms with Crippen LogP contribution < -0.4 is 15.8 Å². The zero-order valence-corrected chi connectivity index (χ0v) is 17.4. The van der Waals surface area contributed by atoms with E-state index >= 15 is 0 Å². The van der Waals surface area contributed by atoms with Crippen molar-refractivity contribution < 1.29 is 4.74 Å². The lowest BCUT2D eigenvalue weighted by Gasteiger charge is -2.16. The van der Waals surface area contributed by atoms with Gasteiger partial charge in [0.25, 0.3) is 0 Å². The molecule has 0 fully saturated rings. The molecule has 0 aliphatic rings. The Hall–Kier alpha value is -3.51. The Labute approximate surface area is 176 Å². The average molecular weight is 402 g/mol. The molecule has 0 unspecified atom stereocenters. The quantitative estimate of drug-likeness (QED) is 0.409. The Bertz CT molecular complexity index is 1140. The minimum Gasteiger partial charge on any atom is -0.492 e. The van der Waals surface area contributed by atoms with Gasteiger partial charge in [-0.3, -0.25) is 0 Å². The lowest BCUT2D eigenvalue weighted by Crippen LogP contribution is -2.20. The molecule has 154 valence electrons. The van der Waals surface area contributed by atoms with Crippen molar-refractivity contribution in [1.29, 1.82) is 0 Å². The van der Waals surface area contributed by atoms with Gasteiger partial charge in [0.05, 0.1) is 5.69 Å². The number of nitrogens with one attached hydrogen (secondary N) is 2. The maximum absolute atomic E-state index is 6.08. The first kappa shape index (κ1) is 19.8. The smallest absolute Gasteiger partial charge is 0.146 e. The van der Waals surface area contributed by atoms with E-state index in [0.29, 0.717) is 19.0 Å². The van der Waals surface area contributed by atoms with Gasteiger partial charge in [0, 0.05) is 36.6 Å². The van der Waals surface area contributed by atoms with E-state index in [-0.39, 0.29) is 0 Å². The molecule has 2 aromatic carbocycles. The molecule has 0 saturated carbocycles. The summed E-state index contributed by atoms with van der Waals surface area (Å²) in [6, 6.07) is 18.7. The molecule has 0 saturated heterocycles. The summed E-state index contributed by atoms with van der Waals surface area (Å²) in [5.41, 5.74) is 11.3. The standard InChI is InChI=1S/C24H27N5O/c1-29(2)12-13-30-23-8-7-18(19-6-5-17-9-11-26-22(17)15-19)14-20(23)16-28-21-4-3-10-27-24(21)25/h3-11,14-15,26,28H,12-13,16H2,1-2H3,(H2,25,27). The summed E-state index contributed by atoms with van der Waals surface area (Å²) in [4.78, 5) is 9.54. The van der Waals surface area contributed by atoms with E-state index in [4.69, 9.17) is 10.5 Å². The largest absolute Gasteiger partial charge is 0.492 e. The van der Waals surface area contributed by atoms with Crippen LogP contribution in [0.1, 0.15) is 5.56 Å². The van der Waals surface area contributed by atoms with Gasteiger partial charge >= 0.3 is 0 Å². The van der Waals surface area contributed by atoms with Crippen LogP contribution in [0.25, 0.3) is 22.0 Å². The van der Waals surface area contributed by atoms with Gasteiger partial charge < -0.3 is 25.7 Å². The number of likely N-dealkylation sites (N-methyl/N-ethyl adjacent to an activating group) is 1. The molecule has 2 aromatic heterocycles. The number of hydrogen-bond acceptors (Lipinski definition) is 5. The number of hydrogen-bond donors (Lipinski definition) is 3. The molecule has 0 atom stereocenters. The number of anilines is 2. The van der Waals surface area contributed by atoms with E-state index in [2.05, 4.69) is 56.6 Å². The highest BCUT2D eigenvalue weighted by Gasteiger charge is 2.09. The normalized spacial score (nSPS) is 11.2. The Morgan fingerprint density at radius 1 is 1.07 bits per heavy atom. The molecular formula is C24H27N5O. The van der Waals surface area contributed by atoms with Gasteiger partial charge in [-0.1, -0.05) is 18.2 Å². The van der Waals surface area contributed by atoms with E-state index in [1.807, 2.05) is 38.5 Å². The van der Waals surface area contributed by atoms with Crippen LogP contribution in [0.3, 0.4) is 0 Å². The summed E-state index contributed by atoms with van der Waals surface area (Å²) in [6.07, 6.45) is 3.65. The van der Waals surface area contributed by atoms with Crippen molar-refractivity contribution in [3.05, 3.63) is 72.6 Å². The molecule has 0 aliphatic carbocycles. The number of ether oxygens (including phenoxy) is 1. The fraction of sp³-hybridized carbons (Fsp3) is 0.208. The van der Waals surface area contributed by atoms with Crippen molar-refractivity contribution >= 4 is 22.4 Å².